The molecule has 1 aromatic heterocycles. The van der Waals surface area contributed by atoms with E-state index in [2.05, 4.69) is 16.9 Å². The Morgan fingerprint density at radius 1 is 1.32 bits per heavy atom. The lowest BCUT2D eigenvalue weighted by Crippen LogP contribution is -2.27. The van der Waals surface area contributed by atoms with Crippen molar-refractivity contribution in [3.8, 4) is 0 Å². The zero-order valence-corrected chi connectivity index (χ0v) is 17.2. The number of thioether (sulfide) groups is 1. The van der Waals surface area contributed by atoms with Crippen molar-refractivity contribution < 1.29 is 4.79 Å². The van der Waals surface area contributed by atoms with Gasteiger partial charge in [0.05, 0.1) is 16.2 Å². The van der Waals surface area contributed by atoms with E-state index in [-0.39, 0.29) is 11.5 Å². The van der Waals surface area contributed by atoms with Crippen molar-refractivity contribution >= 4 is 45.9 Å². The summed E-state index contributed by atoms with van der Waals surface area (Å²) in [7, 11) is 0. The van der Waals surface area contributed by atoms with E-state index in [1.165, 1.54) is 16.3 Å². The summed E-state index contributed by atoms with van der Waals surface area (Å²) in [4.78, 5) is 30.1. The molecule has 7 heteroatoms. The Bertz CT molecular complexity index is 1110. The molecule has 0 aliphatic heterocycles. The Hall–Kier alpha value is -2.57. The summed E-state index contributed by atoms with van der Waals surface area (Å²) in [5.74, 6) is -0.192. The lowest BCUT2D eigenvalue weighted by Gasteiger charge is -2.16. The van der Waals surface area contributed by atoms with Crippen LogP contribution in [0.1, 0.15) is 12.5 Å². The van der Waals surface area contributed by atoms with E-state index in [4.69, 9.17) is 11.6 Å². The molecule has 3 rings (SSSR count). The van der Waals surface area contributed by atoms with Gasteiger partial charge in [-0.2, -0.15) is 0 Å². The van der Waals surface area contributed by atoms with E-state index in [1.807, 2.05) is 13.0 Å². The van der Waals surface area contributed by atoms with Gasteiger partial charge >= 0.3 is 0 Å². The molecule has 0 fully saturated rings. The van der Waals surface area contributed by atoms with Crippen molar-refractivity contribution in [1.29, 1.82) is 0 Å². The summed E-state index contributed by atoms with van der Waals surface area (Å²) in [6, 6.07) is 12.5. The van der Waals surface area contributed by atoms with Gasteiger partial charge in [-0.25, -0.2) is 4.98 Å². The molecule has 1 atom stereocenters. The molecule has 1 heterocycles. The van der Waals surface area contributed by atoms with Crippen LogP contribution < -0.4 is 10.9 Å². The van der Waals surface area contributed by atoms with Gasteiger partial charge in [-0.3, -0.25) is 14.2 Å². The third kappa shape index (κ3) is 4.13. The first-order valence-electron chi connectivity index (χ1n) is 8.75. The molecule has 1 amide bonds. The number of para-hydroxylation sites is 1. The maximum Gasteiger partial charge on any atom is 0.262 e. The van der Waals surface area contributed by atoms with E-state index in [9.17, 15) is 9.59 Å². The fraction of sp³-hybridized carbons (Fsp3) is 0.190. The van der Waals surface area contributed by atoms with Crippen LogP contribution in [0.2, 0.25) is 5.02 Å². The van der Waals surface area contributed by atoms with Crippen molar-refractivity contribution in [3.05, 3.63) is 76.1 Å². The minimum Gasteiger partial charge on any atom is -0.325 e. The zero-order valence-electron chi connectivity index (χ0n) is 15.6. The summed E-state index contributed by atoms with van der Waals surface area (Å²) in [6.07, 6.45) is 1.64. The molecule has 2 aromatic carbocycles. The first kappa shape index (κ1) is 20.2. The molecular weight excluding hydrogens is 394 g/mol. The molecule has 0 spiro atoms. The Kier molecular flexibility index (Phi) is 6.21. The second kappa shape index (κ2) is 8.63. The van der Waals surface area contributed by atoms with Crippen molar-refractivity contribution in [1.82, 2.24) is 9.55 Å². The van der Waals surface area contributed by atoms with Crippen LogP contribution >= 0.6 is 23.4 Å². The molecule has 0 saturated carbocycles. The number of halogens is 1. The number of nitrogens with zero attached hydrogens (tertiary/aromatic N) is 2. The molecule has 0 bridgehead atoms. The van der Waals surface area contributed by atoms with E-state index in [0.29, 0.717) is 33.3 Å². The van der Waals surface area contributed by atoms with Gasteiger partial charge < -0.3 is 5.32 Å². The number of anilines is 1. The SMILES string of the molecule is C=CCn1c(SC(C)C(=O)Nc2cccc(Cl)c2C)nc2ccccc2c1=O. The molecule has 5 nitrogen and oxygen atoms in total. The minimum absolute atomic E-state index is 0.147. The van der Waals surface area contributed by atoms with Crippen molar-refractivity contribution in [2.45, 2.75) is 30.8 Å². The van der Waals surface area contributed by atoms with E-state index >= 15 is 0 Å². The summed E-state index contributed by atoms with van der Waals surface area (Å²) < 4.78 is 1.54. The van der Waals surface area contributed by atoms with Gasteiger partial charge in [0.2, 0.25) is 5.91 Å². The van der Waals surface area contributed by atoms with Gasteiger partial charge in [-0.1, -0.05) is 47.6 Å². The van der Waals surface area contributed by atoms with Gasteiger partial charge in [0.25, 0.3) is 5.56 Å². The number of hydrogen-bond donors (Lipinski definition) is 1. The molecule has 0 radical (unpaired) electrons. The standard InChI is InChI=1S/C21H20ClN3O2S/c1-4-12-25-20(27)15-8-5-6-10-18(15)24-21(25)28-14(3)19(26)23-17-11-7-9-16(22)13(17)2/h4-11,14H,1,12H2,2-3H3,(H,23,26). The Labute approximate surface area is 172 Å². The van der Waals surface area contributed by atoms with Crippen molar-refractivity contribution in [2.75, 3.05) is 5.32 Å². The highest BCUT2D eigenvalue weighted by Gasteiger charge is 2.20. The monoisotopic (exact) mass is 413 g/mol. The maximum absolute atomic E-state index is 12.8. The summed E-state index contributed by atoms with van der Waals surface area (Å²) in [5.41, 5.74) is 1.93. The van der Waals surface area contributed by atoms with Crippen LogP contribution in [-0.2, 0) is 11.3 Å². The normalized spacial score (nSPS) is 12.0. The molecule has 0 aliphatic rings. The van der Waals surface area contributed by atoms with Crippen LogP contribution in [-0.4, -0.2) is 20.7 Å². The topological polar surface area (TPSA) is 64.0 Å². The number of carbonyl (C=O) groups excluding carboxylic acids is 1. The number of aromatic nitrogens is 2. The highest BCUT2D eigenvalue weighted by molar-refractivity contribution is 8.00. The van der Waals surface area contributed by atoms with Crippen LogP contribution in [0, 0.1) is 6.92 Å². The molecular formula is C21H20ClN3O2S. The van der Waals surface area contributed by atoms with E-state index in [0.717, 1.165) is 5.56 Å². The fourth-order valence-corrected chi connectivity index (χ4v) is 3.81. The molecule has 3 aromatic rings. The predicted octanol–water partition coefficient (Wildman–Crippen LogP) is 4.66. The summed E-state index contributed by atoms with van der Waals surface area (Å²) in [5, 5.41) is 4.04. The summed E-state index contributed by atoms with van der Waals surface area (Å²) in [6.45, 7) is 7.66. The summed E-state index contributed by atoms with van der Waals surface area (Å²) >= 11 is 7.36. The largest absolute Gasteiger partial charge is 0.325 e. The number of rotatable bonds is 6. The second-order valence-corrected chi connectivity index (χ2v) is 7.99. The Morgan fingerprint density at radius 3 is 2.82 bits per heavy atom. The van der Waals surface area contributed by atoms with Crippen molar-refractivity contribution in [2.24, 2.45) is 0 Å². The van der Waals surface area contributed by atoms with Crippen LogP contribution in [0.5, 0.6) is 0 Å². The lowest BCUT2D eigenvalue weighted by atomic mass is 10.2. The average Bonchev–Trinajstić information content (AvgIpc) is 2.68. The molecule has 144 valence electrons. The van der Waals surface area contributed by atoms with E-state index < -0.39 is 5.25 Å². The van der Waals surface area contributed by atoms with Crippen LogP contribution in [0.3, 0.4) is 0 Å². The van der Waals surface area contributed by atoms with Crippen LogP contribution in [0.25, 0.3) is 10.9 Å². The first-order chi connectivity index (χ1) is 13.4. The van der Waals surface area contributed by atoms with Gasteiger partial charge in [0.1, 0.15) is 0 Å². The van der Waals surface area contributed by atoms with Crippen LogP contribution in [0.15, 0.2) is 65.1 Å². The van der Waals surface area contributed by atoms with Crippen molar-refractivity contribution in [3.63, 3.8) is 0 Å². The number of hydrogen-bond acceptors (Lipinski definition) is 4. The molecule has 0 saturated heterocycles. The van der Waals surface area contributed by atoms with Crippen LogP contribution in [0.4, 0.5) is 5.69 Å². The van der Waals surface area contributed by atoms with Gasteiger partial charge in [-0.05, 0) is 43.7 Å². The Morgan fingerprint density at radius 2 is 2.07 bits per heavy atom. The molecule has 0 aliphatic carbocycles. The third-order valence-corrected chi connectivity index (χ3v) is 5.81. The quantitative estimate of drug-likeness (QED) is 0.362. The number of carbonyl (C=O) groups is 1. The fourth-order valence-electron chi connectivity index (χ4n) is 2.72. The predicted molar refractivity (Wildman–Crippen MR) is 116 cm³/mol. The molecule has 28 heavy (non-hydrogen) atoms. The maximum atomic E-state index is 12.8. The van der Waals surface area contributed by atoms with Gasteiger partial charge in [0.15, 0.2) is 5.16 Å². The van der Waals surface area contributed by atoms with E-state index in [1.54, 1.807) is 49.4 Å². The second-order valence-electron chi connectivity index (χ2n) is 6.28. The molecule has 1 unspecified atom stereocenters. The third-order valence-electron chi connectivity index (χ3n) is 4.32. The first-order valence-corrected chi connectivity index (χ1v) is 10.0. The van der Waals surface area contributed by atoms with Gasteiger partial charge in [-0.15, -0.1) is 6.58 Å². The highest BCUT2D eigenvalue weighted by Crippen LogP contribution is 2.26. The number of fused-ring (bicyclic) bond motifs is 1. The molecule has 1 N–H and O–H groups in total. The zero-order chi connectivity index (χ0) is 20.3. The lowest BCUT2D eigenvalue weighted by molar-refractivity contribution is -0.115. The number of allylic oxidation sites excluding steroid dienone is 1. The average molecular weight is 414 g/mol. The van der Waals surface area contributed by atoms with Gasteiger partial charge in [0, 0.05) is 17.3 Å². The number of amides is 1. The number of benzene rings is 2. The Balaban J connectivity index is 1.89. The smallest absolute Gasteiger partial charge is 0.262 e. The number of nitrogens with one attached hydrogen (secondary N) is 1. The highest BCUT2D eigenvalue weighted by atomic mass is 35.5. The minimum atomic E-state index is -0.470.